The number of carbonyl (C=O) groups is 2. The minimum absolute atomic E-state index is 0.171. The Labute approximate surface area is 196 Å². The molecule has 0 spiro atoms. The standard InChI is InChI=1S/C26H32N4O3/c1-6-19-7-9-20(10-8-19)22-13-21(14-27)25(28-24(22)17(2)3)29-11-12-30(18(4)15-29)26(32)23(31)16-33-5/h7-10,13,17-18H,6,11-12,15-16H2,1-5H3. The first kappa shape index (κ1) is 24.4. The van der Waals surface area contributed by atoms with Crippen molar-refractivity contribution in [3.05, 3.63) is 47.2 Å². The maximum atomic E-state index is 12.5. The van der Waals surface area contributed by atoms with Gasteiger partial charge in [-0.1, -0.05) is 45.0 Å². The minimum atomic E-state index is -0.547. The average molecular weight is 449 g/mol. The smallest absolute Gasteiger partial charge is 0.292 e. The van der Waals surface area contributed by atoms with Crippen LogP contribution in [-0.4, -0.2) is 61.0 Å². The van der Waals surface area contributed by atoms with E-state index < -0.39 is 11.7 Å². The fourth-order valence-corrected chi connectivity index (χ4v) is 4.24. The molecule has 0 aliphatic carbocycles. The molecule has 3 rings (SSSR count). The van der Waals surface area contributed by atoms with Crippen molar-refractivity contribution < 1.29 is 14.3 Å². The summed E-state index contributed by atoms with van der Waals surface area (Å²) in [6.07, 6.45) is 0.974. The number of aromatic nitrogens is 1. The Bertz CT molecular complexity index is 1060. The molecule has 1 atom stereocenters. The number of benzene rings is 1. The zero-order valence-electron chi connectivity index (χ0n) is 20.1. The lowest BCUT2D eigenvalue weighted by molar-refractivity contribution is -0.148. The van der Waals surface area contributed by atoms with Crippen molar-refractivity contribution in [1.29, 1.82) is 5.26 Å². The molecule has 0 N–H and O–H groups in total. The monoisotopic (exact) mass is 448 g/mol. The third-order valence-electron chi connectivity index (χ3n) is 6.07. The number of nitriles is 1. The fraction of sp³-hybridized carbons (Fsp3) is 0.462. The quantitative estimate of drug-likeness (QED) is 0.602. The summed E-state index contributed by atoms with van der Waals surface area (Å²) < 4.78 is 4.81. The van der Waals surface area contributed by atoms with Crippen LogP contribution in [0.25, 0.3) is 11.1 Å². The van der Waals surface area contributed by atoms with Crippen molar-refractivity contribution in [3.8, 4) is 17.2 Å². The van der Waals surface area contributed by atoms with Crippen molar-refractivity contribution in [3.63, 3.8) is 0 Å². The first-order chi connectivity index (χ1) is 15.8. The van der Waals surface area contributed by atoms with E-state index in [1.165, 1.54) is 12.7 Å². The SMILES string of the molecule is CCc1ccc(-c2cc(C#N)c(N3CCN(C(=O)C(=O)COC)C(C)C3)nc2C(C)C)cc1. The fourth-order valence-electron chi connectivity index (χ4n) is 4.24. The Balaban J connectivity index is 1.92. The van der Waals surface area contributed by atoms with Crippen LogP contribution in [0.1, 0.15) is 50.4 Å². The third kappa shape index (κ3) is 5.23. The molecule has 174 valence electrons. The van der Waals surface area contributed by atoms with Gasteiger partial charge < -0.3 is 14.5 Å². The molecule has 2 heterocycles. The lowest BCUT2D eigenvalue weighted by Gasteiger charge is -2.40. The molecular formula is C26H32N4O3. The molecule has 0 saturated carbocycles. The van der Waals surface area contributed by atoms with E-state index in [1.807, 2.05) is 17.9 Å². The summed E-state index contributed by atoms with van der Waals surface area (Å²) in [5.74, 6) is -0.262. The van der Waals surface area contributed by atoms with Gasteiger partial charge in [-0.25, -0.2) is 4.98 Å². The first-order valence-electron chi connectivity index (χ1n) is 11.4. The van der Waals surface area contributed by atoms with Gasteiger partial charge in [-0.3, -0.25) is 9.59 Å². The summed E-state index contributed by atoms with van der Waals surface area (Å²) in [6, 6.07) is 12.5. The van der Waals surface area contributed by atoms with Crippen LogP contribution in [0.4, 0.5) is 5.82 Å². The summed E-state index contributed by atoms with van der Waals surface area (Å²) >= 11 is 0. The van der Waals surface area contributed by atoms with E-state index in [0.29, 0.717) is 31.0 Å². The summed E-state index contributed by atoms with van der Waals surface area (Å²) in [5.41, 5.74) is 4.73. The molecular weight excluding hydrogens is 416 g/mol. The Morgan fingerprint density at radius 2 is 1.94 bits per heavy atom. The predicted molar refractivity (Wildman–Crippen MR) is 128 cm³/mol. The maximum Gasteiger partial charge on any atom is 0.292 e. The Hall–Kier alpha value is -3.24. The van der Waals surface area contributed by atoms with Crippen LogP contribution in [0.15, 0.2) is 30.3 Å². The second-order valence-corrected chi connectivity index (χ2v) is 8.76. The van der Waals surface area contributed by atoms with Gasteiger partial charge in [-0.15, -0.1) is 0 Å². The molecule has 1 fully saturated rings. The second-order valence-electron chi connectivity index (χ2n) is 8.76. The molecule has 1 aromatic carbocycles. The highest BCUT2D eigenvalue weighted by atomic mass is 16.5. The number of hydrogen-bond acceptors (Lipinski definition) is 6. The number of nitrogens with zero attached hydrogens (tertiary/aromatic N) is 4. The van der Waals surface area contributed by atoms with Gasteiger partial charge in [0.2, 0.25) is 5.78 Å². The van der Waals surface area contributed by atoms with E-state index in [0.717, 1.165) is 23.2 Å². The van der Waals surface area contributed by atoms with E-state index in [-0.39, 0.29) is 18.6 Å². The van der Waals surface area contributed by atoms with Crippen molar-refractivity contribution >= 4 is 17.5 Å². The third-order valence-corrected chi connectivity index (χ3v) is 6.07. The molecule has 1 aliphatic rings. The van der Waals surface area contributed by atoms with Gasteiger partial charge in [-0.05, 0) is 36.5 Å². The Kier molecular flexibility index (Phi) is 7.83. The van der Waals surface area contributed by atoms with Crippen LogP contribution in [0.2, 0.25) is 0 Å². The van der Waals surface area contributed by atoms with Gasteiger partial charge in [0.15, 0.2) is 0 Å². The normalized spacial score (nSPS) is 16.1. The average Bonchev–Trinajstić information content (AvgIpc) is 2.82. The van der Waals surface area contributed by atoms with Crippen molar-refractivity contribution in [1.82, 2.24) is 9.88 Å². The van der Waals surface area contributed by atoms with E-state index in [9.17, 15) is 14.9 Å². The van der Waals surface area contributed by atoms with Crippen LogP contribution in [0.3, 0.4) is 0 Å². The molecule has 7 nitrogen and oxygen atoms in total. The number of ether oxygens (including phenoxy) is 1. The molecule has 0 bridgehead atoms. The zero-order valence-corrected chi connectivity index (χ0v) is 20.1. The molecule has 1 aliphatic heterocycles. The van der Waals surface area contributed by atoms with Crippen molar-refractivity contribution in [2.24, 2.45) is 0 Å². The van der Waals surface area contributed by atoms with Crippen LogP contribution in [-0.2, 0) is 20.7 Å². The van der Waals surface area contributed by atoms with E-state index in [2.05, 4.69) is 51.1 Å². The van der Waals surface area contributed by atoms with Gasteiger partial charge in [0.05, 0.1) is 11.3 Å². The highest BCUT2D eigenvalue weighted by Crippen LogP contribution is 2.33. The van der Waals surface area contributed by atoms with Crippen molar-refractivity contribution in [2.45, 2.75) is 46.1 Å². The largest absolute Gasteiger partial charge is 0.376 e. The predicted octanol–water partition coefficient (Wildman–Crippen LogP) is 3.56. The molecule has 33 heavy (non-hydrogen) atoms. The van der Waals surface area contributed by atoms with E-state index in [1.54, 1.807) is 4.90 Å². The van der Waals surface area contributed by atoms with Gasteiger partial charge >= 0.3 is 0 Å². The second kappa shape index (κ2) is 10.6. The number of ketones is 1. The number of piperazine rings is 1. The molecule has 1 amide bonds. The Morgan fingerprint density at radius 1 is 1.24 bits per heavy atom. The number of amides is 1. The summed E-state index contributed by atoms with van der Waals surface area (Å²) in [5, 5.41) is 9.93. The molecule has 1 aromatic heterocycles. The molecule has 7 heteroatoms. The number of Topliss-reactive ketones (excluding diaryl/α,β-unsaturated/α-hetero) is 1. The number of hydrogen-bond donors (Lipinski definition) is 0. The molecule has 0 radical (unpaired) electrons. The summed E-state index contributed by atoms with van der Waals surface area (Å²) in [6.45, 7) is 9.40. The van der Waals surface area contributed by atoms with Gasteiger partial charge in [0.25, 0.3) is 5.91 Å². The van der Waals surface area contributed by atoms with Gasteiger partial charge in [0, 0.05) is 38.3 Å². The Morgan fingerprint density at radius 3 is 2.48 bits per heavy atom. The molecule has 1 saturated heterocycles. The van der Waals surface area contributed by atoms with Crippen molar-refractivity contribution in [2.75, 3.05) is 38.3 Å². The summed E-state index contributed by atoms with van der Waals surface area (Å²) in [4.78, 5) is 33.0. The maximum absolute atomic E-state index is 12.5. The minimum Gasteiger partial charge on any atom is -0.376 e. The number of aryl methyl sites for hydroxylation is 1. The highest BCUT2D eigenvalue weighted by molar-refractivity contribution is 6.36. The molecule has 2 aromatic rings. The first-order valence-corrected chi connectivity index (χ1v) is 11.4. The topological polar surface area (TPSA) is 86.5 Å². The molecule has 1 unspecified atom stereocenters. The van der Waals surface area contributed by atoms with E-state index in [4.69, 9.17) is 9.72 Å². The number of pyridine rings is 1. The number of anilines is 1. The van der Waals surface area contributed by atoms with Crippen LogP contribution < -0.4 is 4.90 Å². The van der Waals surface area contributed by atoms with Crippen LogP contribution in [0, 0.1) is 11.3 Å². The summed E-state index contributed by atoms with van der Waals surface area (Å²) in [7, 11) is 1.40. The number of rotatable bonds is 7. The number of methoxy groups -OCH3 is 1. The number of carbonyl (C=O) groups excluding carboxylic acids is 2. The highest BCUT2D eigenvalue weighted by Gasteiger charge is 2.32. The lowest BCUT2D eigenvalue weighted by atomic mass is 9.95. The van der Waals surface area contributed by atoms with Crippen LogP contribution in [0.5, 0.6) is 0 Å². The van der Waals surface area contributed by atoms with Gasteiger partial charge in [0.1, 0.15) is 18.5 Å². The van der Waals surface area contributed by atoms with E-state index >= 15 is 0 Å². The lowest BCUT2D eigenvalue weighted by Crippen LogP contribution is -2.56. The zero-order chi connectivity index (χ0) is 24.1. The van der Waals surface area contributed by atoms with Gasteiger partial charge in [-0.2, -0.15) is 5.26 Å². The van der Waals surface area contributed by atoms with Crippen LogP contribution >= 0.6 is 0 Å².